The van der Waals surface area contributed by atoms with E-state index in [9.17, 15) is 31.1 Å². The Hall–Kier alpha value is -3.66. The quantitative estimate of drug-likeness (QED) is 0.394. The Bertz CT molecular complexity index is 1290. The molecule has 4 N–H and O–H groups in total. The third-order valence-electron chi connectivity index (χ3n) is 4.47. The molecule has 0 spiro atoms. The Kier molecular flexibility index (Phi) is 9.41. The zero-order valence-electron chi connectivity index (χ0n) is 18.7. The molecule has 0 bridgehead atoms. The lowest BCUT2D eigenvalue weighted by Gasteiger charge is -2.12. The zero-order valence-corrected chi connectivity index (χ0v) is 19.6. The van der Waals surface area contributed by atoms with Crippen molar-refractivity contribution in [3.63, 3.8) is 0 Å². The lowest BCUT2D eigenvalue weighted by molar-refractivity contribution is -0.192. The van der Waals surface area contributed by atoms with Crippen molar-refractivity contribution in [1.82, 2.24) is 19.7 Å². The van der Waals surface area contributed by atoms with Gasteiger partial charge in [0, 0.05) is 54.1 Å². The Morgan fingerprint density at radius 2 is 1.92 bits per heavy atom. The van der Waals surface area contributed by atoms with E-state index in [0.717, 1.165) is 9.75 Å². The van der Waals surface area contributed by atoms with Crippen molar-refractivity contribution >= 4 is 23.1 Å². The van der Waals surface area contributed by atoms with E-state index in [0.29, 0.717) is 5.56 Å². The van der Waals surface area contributed by atoms with Gasteiger partial charge in [-0.25, -0.2) is 24.1 Å². The van der Waals surface area contributed by atoms with E-state index in [1.54, 1.807) is 37.3 Å². The molecule has 0 aromatic carbocycles. The Morgan fingerprint density at radius 3 is 2.42 bits per heavy atom. The highest BCUT2D eigenvalue weighted by atomic mass is 32.1. The van der Waals surface area contributed by atoms with Gasteiger partial charge >= 0.3 is 17.8 Å². The van der Waals surface area contributed by atoms with Crippen LogP contribution in [0.1, 0.15) is 10.7 Å². The minimum absolute atomic E-state index is 0.146. The molecule has 0 aliphatic carbocycles. The van der Waals surface area contributed by atoms with Crippen LogP contribution in [0.4, 0.5) is 32.2 Å². The van der Waals surface area contributed by atoms with Crippen molar-refractivity contribution in [3.05, 3.63) is 63.1 Å². The van der Waals surface area contributed by atoms with E-state index in [2.05, 4.69) is 15.2 Å². The van der Waals surface area contributed by atoms with Gasteiger partial charge in [0.15, 0.2) is 11.6 Å². The molecule has 0 aliphatic heterocycles. The fourth-order valence-corrected chi connectivity index (χ4v) is 3.70. The molecule has 16 heteroatoms. The van der Waals surface area contributed by atoms with Gasteiger partial charge in [0.1, 0.15) is 5.82 Å². The summed E-state index contributed by atoms with van der Waals surface area (Å²) >= 11 is 1.35. The number of carboxylic acids is 1. The summed E-state index contributed by atoms with van der Waals surface area (Å²) < 4.78 is 73.0. The van der Waals surface area contributed by atoms with Crippen molar-refractivity contribution in [1.29, 1.82) is 0 Å². The molecule has 0 saturated heterocycles. The van der Waals surface area contributed by atoms with E-state index in [4.69, 9.17) is 15.6 Å². The Labute approximate surface area is 203 Å². The summed E-state index contributed by atoms with van der Waals surface area (Å²) in [4.78, 5) is 28.2. The van der Waals surface area contributed by atoms with E-state index in [1.165, 1.54) is 22.0 Å². The van der Waals surface area contributed by atoms with Crippen LogP contribution in [0, 0.1) is 5.82 Å². The Morgan fingerprint density at radius 1 is 1.28 bits per heavy atom. The number of anilines is 1. The maximum atomic E-state index is 14.2. The fraction of sp³-hybridized carbons (Fsp3) is 0.300. The molecule has 0 amide bonds. The molecule has 3 rings (SSSR count). The van der Waals surface area contributed by atoms with Crippen molar-refractivity contribution in [3.8, 4) is 10.4 Å². The van der Waals surface area contributed by atoms with Crippen LogP contribution in [0.3, 0.4) is 0 Å². The summed E-state index contributed by atoms with van der Waals surface area (Å²) in [6.45, 7) is -0.180. The number of halogens is 6. The summed E-state index contributed by atoms with van der Waals surface area (Å²) in [6.07, 6.45) is -5.61. The third-order valence-corrected chi connectivity index (χ3v) is 5.59. The fourth-order valence-electron chi connectivity index (χ4n) is 2.72. The SMILES string of the molecule is CN(C)c1ncc(-c2ccc(Cn3c(CC(CN)=C(F)F)n[nH]c3=O)s2)cc1F.O=C(O)C(F)(F)F. The van der Waals surface area contributed by atoms with Gasteiger partial charge in [-0.05, 0) is 18.2 Å². The molecule has 0 atom stereocenters. The number of hydrogen-bond donors (Lipinski definition) is 3. The summed E-state index contributed by atoms with van der Waals surface area (Å²) in [6, 6.07) is 4.98. The first-order chi connectivity index (χ1) is 16.7. The van der Waals surface area contributed by atoms with Crippen LogP contribution >= 0.6 is 11.3 Å². The number of thiophene rings is 1. The van der Waals surface area contributed by atoms with Crippen molar-refractivity contribution in [2.75, 3.05) is 25.5 Å². The first kappa shape index (κ1) is 28.6. The van der Waals surface area contributed by atoms with Gasteiger partial charge in [-0.2, -0.15) is 27.1 Å². The molecule has 3 aromatic rings. The highest BCUT2D eigenvalue weighted by molar-refractivity contribution is 7.15. The molecule has 36 heavy (non-hydrogen) atoms. The zero-order chi connectivity index (χ0) is 27.2. The molecule has 0 fully saturated rings. The van der Waals surface area contributed by atoms with Crippen molar-refractivity contribution in [2.45, 2.75) is 19.1 Å². The predicted octanol–water partition coefficient (Wildman–Crippen LogP) is 3.23. The average molecular weight is 538 g/mol. The smallest absolute Gasteiger partial charge is 0.475 e. The number of pyridine rings is 1. The maximum Gasteiger partial charge on any atom is 0.490 e. The number of rotatable bonds is 7. The molecular weight excluding hydrogens is 518 g/mol. The number of carboxylic acid groups (broad SMARTS) is 1. The number of hydrogen-bond acceptors (Lipinski definition) is 7. The number of aliphatic carboxylic acids is 1. The third kappa shape index (κ3) is 7.42. The van der Waals surface area contributed by atoms with Crippen LogP contribution in [-0.4, -0.2) is 57.6 Å². The minimum Gasteiger partial charge on any atom is -0.475 e. The number of nitrogens with one attached hydrogen (secondary N) is 1. The van der Waals surface area contributed by atoms with Crippen LogP contribution in [0.25, 0.3) is 10.4 Å². The average Bonchev–Trinajstić information content (AvgIpc) is 3.39. The van der Waals surface area contributed by atoms with Crippen LogP contribution in [0.2, 0.25) is 0 Å². The van der Waals surface area contributed by atoms with Gasteiger partial charge in [-0.1, -0.05) is 0 Å². The molecule has 9 nitrogen and oxygen atoms in total. The van der Waals surface area contributed by atoms with Gasteiger partial charge in [0.25, 0.3) is 6.08 Å². The summed E-state index contributed by atoms with van der Waals surface area (Å²) in [7, 11) is 3.41. The lowest BCUT2D eigenvalue weighted by atomic mass is 10.2. The summed E-state index contributed by atoms with van der Waals surface area (Å²) in [5, 5.41) is 13.2. The van der Waals surface area contributed by atoms with E-state index in [1.807, 2.05) is 0 Å². The summed E-state index contributed by atoms with van der Waals surface area (Å²) in [5.41, 5.74) is 5.16. The van der Waals surface area contributed by atoms with Crippen LogP contribution < -0.4 is 16.3 Å². The van der Waals surface area contributed by atoms with E-state index >= 15 is 0 Å². The largest absolute Gasteiger partial charge is 0.490 e. The maximum absolute atomic E-state index is 14.2. The van der Waals surface area contributed by atoms with Gasteiger partial charge in [-0.15, -0.1) is 11.3 Å². The second-order valence-corrected chi connectivity index (χ2v) is 8.44. The highest BCUT2D eigenvalue weighted by Crippen LogP contribution is 2.30. The normalized spacial score (nSPS) is 11.0. The van der Waals surface area contributed by atoms with E-state index in [-0.39, 0.29) is 36.7 Å². The minimum atomic E-state index is -5.08. The van der Waals surface area contributed by atoms with Gasteiger partial charge in [0.05, 0.1) is 6.54 Å². The van der Waals surface area contributed by atoms with Crippen LogP contribution in [-0.2, 0) is 17.8 Å². The number of alkyl halides is 3. The number of carbonyl (C=O) groups is 1. The second-order valence-electron chi connectivity index (χ2n) is 7.27. The number of aromatic amines is 1. The monoisotopic (exact) mass is 538 g/mol. The van der Waals surface area contributed by atoms with Crippen LogP contribution in [0.15, 0.2) is 40.8 Å². The van der Waals surface area contributed by atoms with Gasteiger partial charge in [-0.3, -0.25) is 4.57 Å². The topological polar surface area (TPSA) is 130 Å². The van der Waals surface area contributed by atoms with Gasteiger partial charge in [0.2, 0.25) is 0 Å². The Balaban J connectivity index is 0.000000572. The molecule has 0 radical (unpaired) electrons. The lowest BCUT2D eigenvalue weighted by Crippen LogP contribution is -2.21. The number of nitrogens with zero attached hydrogens (tertiary/aromatic N) is 4. The predicted molar refractivity (Wildman–Crippen MR) is 119 cm³/mol. The molecule has 0 saturated carbocycles. The second kappa shape index (κ2) is 11.9. The summed E-state index contributed by atoms with van der Waals surface area (Å²) in [5.74, 6) is -2.79. The molecule has 196 valence electrons. The first-order valence-corrected chi connectivity index (χ1v) is 10.7. The molecule has 0 unspecified atom stereocenters. The molecular formula is C20H20F6N6O3S. The number of aromatic nitrogens is 4. The molecule has 3 heterocycles. The van der Waals surface area contributed by atoms with Crippen LogP contribution in [0.5, 0.6) is 0 Å². The number of H-pyrrole nitrogens is 1. The highest BCUT2D eigenvalue weighted by Gasteiger charge is 2.38. The standard InChI is InChI=1S/C18H19F3N6OS.C2HF3O2/c1-26(2)17-13(19)5-11(8-23-17)14-4-3-12(29-14)9-27-15(24-25-18(27)28)6-10(7-22)16(20)21;3-2(4,5)1(6)7/h3-5,8H,6-7,9,22H2,1-2H3,(H,25,28);(H,6,7). The number of nitrogens with two attached hydrogens (primary N) is 1. The van der Waals surface area contributed by atoms with Crippen molar-refractivity contribution in [2.24, 2.45) is 5.73 Å². The van der Waals surface area contributed by atoms with E-state index < -0.39 is 29.7 Å². The van der Waals surface area contributed by atoms with Crippen molar-refractivity contribution < 1.29 is 36.2 Å². The molecule has 0 aliphatic rings. The molecule has 3 aromatic heterocycles. The first-order valence-electron chi connectivity index (χ1n) is 9.83. The van der Waals surface area contributed by atoms with Gasteiger partial charge < -0.3 is 15.7 Å².